The molecule has 1 saturated heterocycles. The first kappa shape index (κ1) is 23.2. The molecule has 3 rings (SSSR count). The summed E-state index contributed by atoms with van der Waals surface area (Å²) in [7, 11) is -7.44. The number of para-hydroxylation sites is 1. The number of hydrogen-bond donors (Lipinski definition) is 1. The summed E-state index contributed by atoms with van der Waals surface area (Å²) >= 11 is 0. The lowest BCUT2D eigenvalue weighted by Crippen LogP contribution is -2.40. The van der Waals surface area contributed by atoms with Gasteiger partial charge in [-0.25, -0.2) is 16.8 Å². The second-order valence-corrected chi connectivity index (χ2v) is 11.0. The molecule has 9 nitrogen and oxygen atoms in total. The van der Waals surface area contributed by atoms with Crippen molar-refractivity contribution >= 4 is 37.3 Å². The molecule has 0 atom stereocenters. The van der Waals surface area contributed by atoms with Crippen LogP contribution in [0.2, 0.25) is 0 Å². The molecule has 11 heteroatoms. The predicted molar refractivity (Wildman–Crippen MR) is 118 cm³/mol. The minimum absolute atomic E-state index is 0.0473. The molecule has 0 saturated carbocycles. The van der Waals surface area contributed by atoms with Gasteiger partial charge in [0.25, 0.3) is 0 Å². The number of aryl methyl sites for hydroxylation is 1. The zero-order valence-corrected chi connectivity index (χ0v) is 18.9. The number of sulfonamides is 2. The maximum atomic E-state index is 12.8. The van der Waals surface area contributed by atoms with E-state index in [1.807, 2.05) is 0 Å². The Morgan fingerprint density at radius 3 is 2.39 bits per heavy atom. The second kappa shape index (κ2) is 9.35. The van der Waals surface area contributed by atoms with Crippen LogP contribution < -0.4 is 9.62 Å². The maximum absolute atomic E-state index is 12.8. The molecular weight excluding hydrogens is 442 g/mol. The van der Waals surface area contributed by atoms with Crippen LogP contribution in [0.1, 0.15) is 5.56 Å². The Labute approximate surface area is 182 Å². The fourth-order valence-corrected chi connectivity index (χ4v) is 5.59. The molecule has 1 fully saturated rings. The number of hydrogen-bond acceptors (Lipinski definition) is 6. The summed E-state index contributed by atoms with van der Waals surface area (Å²) in [5.74, 6) is -0.588. The molecule has 0 radical (unpaired) electrons. The maximum Gasteiger partial charge on any atom is 0.245 e. The number of benzene rings is 2. The summed E-state index contributed by atoms with van der Waals surface area (Å²) in [5.41, 5.74) is 1.38. The lowest BCUT2D eigenvalue weighted by molar-refractivity contribution is -0.114. The van der Waals surface area contributed by atoms with Gasteiger partial charge in [0.2, 0.25) is 26.0 Å². The summed E-state index contributed by atoms with van der Waals surface area (Å²) < 4.78 is 57.8. The number of morpholine rings is 1. The van der Waals surface area contributed by atoms with Gasteiger partial charge in [0.05, 0.1) is 30.1 Å². The van der Waals surface area contributed by atoms with Crippen molar-refractivity contribution < 1.29 is 26.4 Å². The molecular formula is C20H25N3O6S2. The van der Waals surface area contributed by atoms with E-state index in [0.29, 0.717) is 24.5 Å². The lowest BCUT2D eigenvalue weighted by Gasteiger charge is -2.26. The number of ether oxygens (including phenoxy) is 1. The fourth-order valence-electron chi connectivity index (χ4n) is 3.23. The van der Waals surface area contributed by atoms with Crippen molar-refractivity contribution in [3.63, 3.8) is 0 Å². The Hall–Kier alpha value is -2.47. The van der Waals surface area contributed by atoms with E-state index in [1.165, 1.54) is 22.5 Å². The largest absolute Gasteiger partial charge is 0.379 e. The first-order valence-electron chi connectivity index (χ1n) is 9.60. The molecule has 2 aromatic rings. The van der Waals surface area contributed by atoms with Crippen molar-refractivity contribution in [2.24, 2.45) is 0 Å². The summed E-state index contributed by atoms with van der Waals surface area (Å²) in [5, 5.41) is 2.60. The van der Waals surface area contributed by atoms with Crippen LogP contribution in [0.5, 0.6) is 0 Å². The van der Waals surface area contributed by atoms with E-state index in [2.05, 4.69) is 5.32 Å². The molecule has 168 valence electrons. The van der Waals surface area contributed by atoms with Crippen LogP contribution in [0.3, 0.4) is 0 Å². The SMILES string of the molecule is Cc1ccccc1N(CC(=O)Nc1cccc(S(=O)(=O)N2CCOCC2)c1)S(C)(=O)=O. The van der Waals surface area contributed by atoms with E-state index >= 15 is 0 Å². The highest BCUT2D eigenvalue weighted by Gasteiger charge is 2.27. The van der Waals surface area contributed by atoms with Crippen molar-refractivity contribution in [3.05, 3.63) is 54.1 Å². The van der Waals surface area contributed by atoms with Crippen molar-refractivity contribution in [2.75, 3.05) is 48.7 Å². The minimum atomic E-state index is -3.72. The minimum Gasteiger partial charge on any atom is -0.379 e. The first-order valence-corrected chi connectivity index (χ1v) is 12.9. The van der Waals surface area contributed by atoms with Crippen molar-refractivity contribution in [1.82, 2.24) is 4.31 Å². The van der Waals surface area contributed by atoms with Crippen LogP contribution in [0, 0.1) is 6.92 Å². The monoisotopic (exact) mass is 467 g/mol. The molecule has 31 heavy (non-hydrogen) atoms. The lowest BCUT2D eigenvalue weighted by atomic mass is 10.2. The molecule has 1 heterocycles. The van der Waals surface area contributed by atoms with Crippen LogP contribution in [-0.4, -0.2) is 66.2 Å². The number of nitrogens with one attached hydrogen (secondary N) is 1. The Balaban J connectivity index is 1.79. The number of carbonyl (C=O) groups is 1. The first-order chi connectivity index (χ1) is 14.6. The van der Waals surface area contributed by atoms with Crippen LogP contribution in [0.4, 0.5) is 11.4 Å². The van der Waals surface area contributed by atoms with E-state index < -0.39 is 32.5 Å². The molecule has 2 aromatic carbocycles. The van der Waals surface area contributed by atoms with E-state index in [9.17, 15) is 21.6 Å². The quantitative estimate of drug-likeness (QED) is 0.659. The highest BCUT2D eigenvalue weighted by molar-refractivity contribution is 7.92. The number of amides is 1. The van der Waals surface area contributed by atoms with E-state index in [1.54, 1.807) is 37.3 Å². The van der Waals surface area contributed by atoms with Gasteiger partial charge in [0.15, 0.2) is 0 Å². The number of rotatable bonds is 7. The smallest absolute Gasteiger partial charge is 0.245 e. The van der Waals surface area contributed by atoms with Gasteiger partial charge in [-0.3, -0.25) is 9.10 Å². The Morgan fingerprint density at radius 2 is 1.74 bits per heavy atom. The highest BCUT2D eigenvalue weighted by atomic mass is 32.2. The highest BCUT2D eigenvalue weighted by Crippen LogP contribution is 2.23. The van der Waals surface area contributed by atoms with Gasteiger partial charge < -0.3 is 10.1 Å². The van der Waals surface area contributed by atoms with Crippen LogP contribution in [0.15, 0.2) is 53.4 Å². The van der Waals surface area contributed by atoms with Gasteiger partial charge >= 0.3 is 0 Å². The molecule has 0 bridgehead atoms. The van der Waals surface area contributed by atoms with Gasteiger partial charge in [-0.2, -0.15) is 4.31 Å². The summed E-state index contributed by atoms with van der Waals surface area (Å²) in [4.78, 5) is 12.7. The molecule has 0 aliphatic carbocycles. The van der Waals surface area contributed by atoms with E-state index in [-0.39, 0.29) is 23.7 Å². The summed E-state index contributed by atoms with van der Waals surface area (Å²) in [6.07, 6.45) is 1.03. The normalized spacial score (nSPS) is 15.4. The topological polar surface area (TPSA) is 113 Å². The number of carbonyl (C=O) groups excluding carboxylic acids is 1. The zero-order valence-electron chi connectivity index (χ0n) is 17.3. The van der Waals surface area contributed by atoms with Gasteiger partial charge in [-0.05, 0) is 36.8 Å². The van der Waals surface area contributed by atoms with Crippen LogP contribution >= 0.6 is 0 Å². The third-order valence-electron chi connectivity index (χ3n) is 4.80. The number of anilines is 2. The number of nitrogens with zero attached hydrogens (tertiary/aromatic N) is 2. The fraction of sp³-hybridized carbons (Fsp3) is 0.350. The third-order valence-corrected chi connectivity index (χ3v) is 7.82. The van der Waals surface area contributed by atoms with Crippen molar-refractivity contribution in [2.45, 2.75) is 11.8 Å². The average Bonchev–Trinajstić information content (AvgIpc) is 2.73. The molecule has 0 aromatic heterocycles. The Bertz CT molecular complexity index is 1160. The molecule has 1 aliphatic rings. The predicted octanol–water partition coefficient (Wildman–Crippen LogP) is 1.42. The molecule has 1 N–H and O–H groups in total. The van der Waals surface area contributed by atoms with E-state index in [0.717, 1.165) is 10.6 Å². The van der Waals surface area contributed by atoms with Crippen LogP contribution in [0.25, 0.3) is 0 Å². The third kappa shape index (κ3) is 5.62. The van der Waals surface area contributed by atoms with E-state index in [4.69, 9.17) is 4.74 Å². The van der Waals surface area contributed by atoms with Gasteiger partial charge in [0, 0.05) is 18.8 Å². The summed E-state index contributed by atoms with van der Waals surface area (Å²) in [6.45, 7) is 2.50. The standard InChI is InChI=1S/C20H25N3O6S2/c1-16-6-3-4-9-19(16)23(30(2,25)26)15-20(24)21-17-7-5-8-18(14-17)31(27,28)22-10-12-29-13-11-22/h3-9,14H,10-13,15H2,1-2H3,(H,21,24). The zero-order chi connectivity index (χ0) is 22.6. The van der Waals surface area contributed by atoms with Crippen molar-refractivity contribution in [3.8, 4) is 0 Å². The van der Waals surface area contributed by atoms with Crippen molar-refractivity contribution in [1.29, 1.82) is 0 Å². The molecule has 0 unspecified atom stereocenters. The van der Waals surface area contributed by atoms with Gasteiger partial charge in [-0.1, -0.05) is 24.3 Å². The Morgan fingerprint density at radius 1 is 1.06 bits per heavy atom. The Kier molecular flexibility index (Phi) is 6.99. The van der Waals surface area contributed by atoms with Gasteiger partial charge in [-0.15, -0.1) is 0 Å². The van der Waals surface area contributed by atoms with Gasteiger partial charge in [0.1, 0.15) is 6.54 Å². The summed E-state index contributed by atoms with van der Waals surface area (Å²) in [6, 6.07) is 12.7. The molecule has 0 spiro atoms. The molecule has 1 aliphatic heterocycles. The van der Waals surface area contributed by atoms with Crippen LogP contribution in [-0.2, 0) is 29.6 Å². The average molecular weight is 468 g/mol. The molecule has 1 amide bonds. The second-order valence-electron chi connectivity index (χ2n) is 7.15.